The summed E-state index contributed by atoms with van der Waals surface area (Å²) in [6.45, 7) is 2.89. The summed E-state index contributed by atoms with van der Waals surface area (Å²) in [6, 6.07) is 12.0. The van der Waals surface area contributed by atoms with Crippen molar-refractivity contribution >= 4 is 17.7 Å². The van der Waals surface area contributed by atoms with Crippen LogP contribution in [-0.4, -0.2) is 114 Å². The zero-order valence-corrected chi connectivity index (χ0v) is 34.8. The Morgan fingerprint density at radius 3 is 2.17 bits per heavy atom. The third-order valence-electron chi connectivity index (χ3n) is 11.5. The van der Waals surface area contributed by atoms with Gasteiger partial charge in [0.15, 0.2) is 5.78 Å². The number of ether oxygens (including phenoxy) is 2. The first-order chi connectivity index (χ1) is 29.9. The Kier molecular flexibility index (Phi) is 15.1. The molecule has 2 aliphatic heterocycles. The van der Waals surface area contributed by atoms with E-state index in [1.54, 1.807) is 30.5 Å². The number of aliphatic hydroxyl groups is 1. The number of nitrogens with one attached hydrogen (secondary N) is 2. The van der Waals surface area contributed by atoms with Gasteiger partial charge < -0.3 is 30.1 Å². The predicted octanol–water partition coefficient (Wildman–Crippen LogP) is 6.12. The number of carbonyl (C=O) groups excluding carboxylic acids is 2. The number of alkyl halides is 5. The molecule has 1 amide bonds. The van der Waals surface area contributed by atoms with Crippen molar-refractivity contribution in [3.63, 3.8) is 0 Å². The Labute approximate surface area is 359 Å². The van der Waals surface area contributed by atoms with Crippen molar-refractivity contribution in [2.45, 2.75) is 64.1 Å². The van der Waals surface area contributed by atoms with Gasteiger partial charge in [0, 0.05) is 80.3 Å². The topological polar surface area (TPSA) is 134 Å². The number of piperazine rings is 1. The van der Waals surface area contributed by atoms with E-state index in [0.29, 0.717) is 27.4 Å². The lowest BCUT2D eigenvalue weighted by molar-refractivity contribution is -0.220. The molecule has 338 valence electrons. The number of rotatable bonds is 16. The zero-order valence-electron chi connectivity index (χ0n) is 34.8. The van der Waals surface area contributed by atoms with Crippen molar-refractivity contribution in [1.29, 1.82) is 0 Å². The minimum atomic E-state index is -4.94. The van der Waals surface area contributed by atoms with Crippen LogP contribution in [0.1, 0.15) is 49.1 Å². The van der Waals surface area contributed by atoms with Gasteiger partial charge in [0.1, 0.15) is 23.5 Å². The van der Waals surface area contributed by atoms with Gasteiger partial charge >= 0.3 is 18.8 Å². The van der Waals surface area contributed by atoms with E-state index < -0.39 is 78.2 Å². The molecule has 2 aromatic carbocycles. The summed E-state index contributed by atoms with van der Waals surface area (Å²) >= 11 is 0. The monoisotopic (exact) mass is 887 g/mol. The summed E-state index contributed by atoms with van der Waals surface area (Å²) in [7, 11) is 0.937. The van der Waals surface area contributed by atoms with Crippen molar-refractivity contribution in [3.05, 3.63) is 101 Å². The molecule has 2 saturated heterocycles. The van der Waals surface area contributed by atoms with Gasteiger partial charge in [0.05, 0.1) is 43.6 Å². The second kappa shape index (κ2) is 20.3. The van der Waals surface area contributed by atoms with E-state index in [0.717, 1.165) is 84.5 Å². The maximum absolute atomic E-state index is 15.1. The van der Waals surface area contributed by atoms with Gasteiger partial charge in [-0.25, -0.2) is 23.2 Å². The van der Waals surface area contributed by atoms with E-state index >= 15 is 8.78 Å². The summed E-state index contributed by atoms with van der Waals surface area (Å²) < 4.78 is 109. The van der Waals surface area contributed by atoms with Crippen LogP contribution in [-0.2, 0) is 27.2 Å². The molecule has 3 atom stereocenters. The fraction of sp³-hybridized carbons (Fsp3) is 0.455. The number of hydrogen-bond acceptors (Lipinski definition) is 10. The van der Waals surface area contributed by atoms with Gasteiger partial charge in [0.2, 0.25) is 0 Å². The van der Waals surface area contributed by atoms with Crippen molar-refractivity contribution in [1.82, 2.24) is 30.3 Å². The number of aromatic nitrogens is 3. The van der Waals surface area contributed by atoms with E-state index in [4.69, 9.17) is 4.74 Å². The van der Waals surface area contributed by atoms with Gasteiger partial charge in [0.25, 0.3) is 0 Å². The van der Waals surface area contributed by atoms with Gasteiger partial charge in [-0.15, -0.1) is 0 Å². The summed E-state index contributed by atoms with van der Waals surface area (Å²) in [5, 5.41) is 19.8. The number of nitrogens with zero attached hydrogens (tertiary/aromatic N) is 5. The largest absolute Gasteiger partial charge is 0.453 e. The standard InChI is InChI=1S/C44H48F7N7O5/c1-43(2,44(49,50)51)40(54-42(61)62-3)37(59)21-31(38(60)24-52-23-33-34(45)19-30(20-35(33)46)36-12-13-58(55-36)41(47)48)18-28-7-4-27(5-8-28)6-9-29-10-11-39(53-22-29)57-16-14-56(15-17-57)32-25-63-26-32/h4-5,7-8,10-13,19-20,22,31-32,38,40-41,52,60H,14-18,21,23-26H2,1-3H3,(H,54,61)/t31-,38+,40-/m1/s1. The lowest BCUT2D eigenvalue weighted by atomic mass is 9.77. The number of anilines is 1. The quantitative estimate of drug-likeness (QED) is 0.0894. The highest BCUT2D eigenvalue weighted by Crippen LogP contribution is 2.41. The Bertz CT molecular complexity index is 2230. The second-order valence-electron chi connectivity index (χ2n) is 16.1. The van der Waals surface area contributed by atoms with Crippen LogP contribution in [0.2, 0.25) is 0 Å². The number of ketones is 1. The Balaban J connectivity index is 1.14. The highest BCUT2D eigenvalue weighted by Gasteiger charge is 2.55. The van der Waals surface area contributed by atoms with E-state index in [2.05, 4.69) is 41.8 Å². The lowest BCUT2D eigenvalue weighted by Gasteiger charge is -2.42. The van der Waals surface area contributed by atoms with Crippen molar-refractivity contribution < 1.29 is 54.9 Å². The molecule has 2 aromatic heterocycles. The highest BCUT2D eigenvalue weighted by atomic mass is 19.4. The number of aliphatic hydroxyl groups excluding tert-OH is 1. The molecule has 19 heteroatoms. The summed E-state index contributed by atoms with van der Waals surface area (Å²) in [4.78, 5) is 35.1. The van der Waals surface area contributed by atoms with Gasteiger partial charge in [-0.1, -0.05) is 24.0 Å². The molecule has 0 unspecified atom stereocenters. The summed E-state index contributed by atoms with van der Waals surface area (Å²) in [5.41, 5.74) is -1.47. The molecule has 0 radical (unpaired) electrons. The summed E-state index contributed by atoms with van der Waals surface area (Å²) in [5.74, 6) is 2.87. The number of methoxy groups -OCH3 is 1. The van der Waals surface area contributed by atoms with Gasteiger partial charge in [-0.2, -0.15) is 27.1 Å². The van der Waals surface area contributed by atoms with Crippen molar-refractivity contribution in [2.24, 2.45) is 11.3 Å². The maximum Gasteiger partial charge on any atom is 0.407 e. The predicted molar refractivity (Wildman–Crippen MR) is 218 cm³/mol. The van der Waals surface area contributed by atoms with Crippen LogP contribution in [0.25, 0.3) is 11.3 Å². The van der Waals surface area contributed by atoms with Crippen molar-refractivity contribution in [2.75, 3.05) is 57.9 Å². The summed E-state index contributed by atoms with van der Waals surface area (Å²) in [6.07, 6.45) is -5.67. The van der Waals surface area contributed by atoms with Gasteiger partial charge in [-0.05, 0) is 74.2 Å². The molecule has 3 N–H and O–H groups in total. The molecule has 4 heterocycles. The number of halogens is 7. The van der Waals surface area contributed by atoms with Crippen LogP contribution in [0.5, 0.6) is 0 Å². The van der Waals surface area contributed by atoms with E-state index in [1.807, 2.05) is 17.4 Å². The van der Waals surface area contributed by atoms with Gasteiger partial charge in [-0.3, -0.25) is 9.69 Å². The molecule has 0 bridgehead atoms. The Hall–Kier alpha value is -5.55. The maximum atomic E-state index is 15.1. The number of carbonyl (C=O) groups is 2. The number of amides is 1. The third kappa shape index (κ3) is 11.7. The molecule has 4 aromatic rings. The normalized spacial score (nSPS) is 16.5. The molecule has 2 aliphatic rings. The first-order valence-electron chi connectivity index (χ1n) is 20.2. The minimum Gasteiger partial charge on any atom is -0.453 e. The van der Waals surface area contributed by atoms with Crippen LogP contribution < -0.4 is 15.5 Å². The number of pyridine rings is 1. The molecule has 0 saturated carbocycles. The van der Waals surface area contributed by atoms with Crippen LogP contribution in [0, 0.1) is 34.8 Å². The lowest BCUT2D eigenvalue weighted by Crippen LogP contribution is -2.56. The molecule has 0 spiro atoms. The van der Waals surface area contributed by atoms with E-state index in [-0.39, 0.29) is 24.2 Å². The molecule has 0 aliphatic carbocycles. The highest BCUT2D eigenvalue weighted by molar-refractivity contribution is 5.88. The molecular weight excluding hydrogens is 840 g/mol. The second-order valence-corrected chi connectivity index (χ2v) is 16.1. The average Bonchev–Trinajstić information content (AvgIpc) is 3.74. The molecule has 6 rings (SSSR count). The smallest absolute Gasteiger partial charge is 0.407 e. The van der Waals surface area contributed by atoms with E-state index in [1.165, 1.54) is 6.07 Å². The van der Waals surface area contributed by atoms with Crippen LogP contribution in [0.3, 0.4) is 0 Å². The Morgan fingerprint density at radius 1 is 0.968 bits per heavy atom. The SMILES string of the molecule is COC(=O)N[C@H](C(=O)C[C@@H](Cc1ccc(C#Cc2ccc(N3CCN(C4COC4)CC3)nc2)cc1)[C@@H](O)CNCc1c(F)cc(-c2ccn(C(F)F)n2)cc1F)C(C)(C)C(F)(F)F. The van der Waals surface area contributed by atoms with Crippen LogP contribution >= 0.6 is 0 Å². The first-order valence-corrected chi connectivity index (χ1v) is 20.2. The number of alkyl carbamates (subject to hydrolysis) is 1. The molecule has 2 fully saturated rings. The fourth-order valence-electron chi connectivity index (χ4n) is 7.33. The fourth-order valence-corrected chi connectivity index (χ4v) is 7.33. The van der Waals surface area contributed by atoms with Crippen LogP contribution in [0.4, 0.5) is 41.3 Å². The number of benzene rings is 2. The number of hydrogen-bond donors (Lipinski definition) is 3. The zero-order chi connectivity index (χ0) is 45.5. The first kappa shape index (κ1) is 46.9. The minimum absolute atomic E-state index is 0.0313. The van der Waals surface area contributed by atoms with Crippen LogP contribution in [0.15, 0.2) is 67.0 Å². The molecule has 63 heavy (non-hydrogen) atoms. The molecular formula is C44H48F7N7O5. The van der Waals surface area contributed by atoms with Crippen molar-refractivity contribution in [3.8, 4) is 23.1 Å². The Morgan fingerprint density at radius 2 is 1.62 bits per heavy atom. The number of Topliss-reactive ketones (excluding diaryl/α,β-unsaturated/α-hetero) is 1. The van der Waals surface area contributed by atoms with E-state index in [9.17, 15) is 36.6 Å². The third-order valence-corrected chi connectivity index (χ3v) is 11.5. The molecule has 12 nitrogen and oxygen atoms in total. The average molecular weight is 888 g/mol.